The topological polar surface area (TPSA) is 49.4 Å². The summed E-state index contributed by atoms with van der Waals surface area (Å²) in [6.45, 7) is 0.777. The quantitative estimate of drug-likeness (QED) is 0.932. The maximum atomic E-state index is 11.7. The summed E-state index contributed by atoms with van der Waals surface area (Å²) < 4.78 is 0.960. The van der Waals surface area contributed by atoms with E-state index < -0.39 is 0 Å². The van der Waals surface area contributed by atoms with E-state index in [0.29, 0.717) is 6.54 Å². The number of thioether (sulfide) groups is 1. The molecule has 0 atom stereocenters. The van der Waals surface area contributed by atoms with Crippen LogP contribution >= 0.6 is 27.7 Å². The summed E-state index contributed by atoms with van der Waals surface area (Å²) in [5, 5.41) is 2.74. The standard InChI is InChI=1S/C11H11BrN2O2S/c12-8-1-3-9(4-2-8)13-10(15)7-14-5-6-17-11(14)16/h1-4H,5-7H2,(H,13,15). The Morgan fingerprint density at radius 1 is 1.41 bits per heavy atom. The van der Waals surface area contributed by atoms with Gasteiger partial charge in [-0.3, -0.25) is 9.59 Å². The molecule has 2 rings (SSSR count). The molecule has 0 radical (unpaired) electrons. The Hall–Kier alpha value is -1.01. The van der Waals surface area contributed by atoms with Gasteiger partial charge in [-0.05, 0) is 24.3 Å². The van der Waals surface area contributed by atoms with Gasteiger partial charge in [0.2, 0.25) is 5.91 Å². The molecule has 1 N–H and O–H groups in total. The van der Waals surface area contributed by atoms with Crippen LogP contribution in [0, 0.1) is 0 Å². The van der Waals surface area contributed by atoms with Gasteiger partial charge in [0, 0.05) is 22.5 Å². The lowest BCUT2D eigenvalue weighted by molar-refractivity contribution is -0.116. The molecule has 17 heavy (non-hydrogen) atoms. The van der Waals surface area contributed by atoms with Gasteiger partial charge in [-0.25, -0.2) is 0 Å². The maximum Gasteiger partial charge on any atom is 0.282 e. The fraction of sp³-hybridized carbons (Fsp3) is 0.273. The molecule has 1 fully saturated rings. The summed E-state index contributed by atoms with van der Waals surface area (Å²) in [7, 11) is 0. The van der Waals surface area contributed by atoms with Crippen LogP contribution in [0.2, 0.25) is 0 Å². The number of carbonyl (C=O) groups is 2. The van der Waals surface area contributed by atoms with Crippen molar-refractivity contribution in [1.29, 1.82) is 0 Å². The molecular formula is C11H11BrN2O2S. The number of halogens is 1. The third kappa shape index (κ3) is 3.47. The van der Waals surface area contributed by atoms with Crippen molar-refractivity contribution in [3.63, 3.8) is 0 Å². The number of nitrogens with one attached hydrogen (secondary N) is 1. The number of rotatable bonds is 3. The van der Waals surface area contributed by atoms with E-state index in [9.17, 15) is 9.59 Å². The number of amides is 2. The fourth-order valence-electron chi connectivity index (χ4n) is 1.48. The molecule has 1 saturated heterocycles. The van der Waals surface area contributed by atoms with Crippen LogP contribution in [-0.2, 0) is 4.79 Å². The molecule has 0 aliphatic carbocycles. The highest BCUT2D eigenvalue weighted by Gasteiger charge is 2.23. The highest BCUT2D eigenvalue weighted by Crippen LogP contribution is 2.17. The first kappa shape index (κ1) is 12.4. The van der Waals surface area contributed by atoms with Crippen molar-refractivity contribution in [3.8, 4) is 0 Å². The van der Waals surface area contributed by atoms with E-state index in [-0.39, 0.29) is 17.7 Å². The average molecular weight is 315 g/mol. The molecule has 1 aliphatic rings. The number of benzene rings is 1. The minimum Gasteiger partial charge on any atom is -0.325 e. The smallest absolute Gasteiger partial charge is 0.282 e. The van der Waals surface area contributed by atoms with Crippen LogP contribution in [0.3, 0.4) is 0 Å². The summed E-state index contributed by atoms with van der Waals surface area (Å²) in [6, 6.07) is 7.32. The first-order valence-electron chi connectivity index (χ1n) is 5.12. The molecule has 1 aromatic carbocycles. The summed E-state index contributed by atoms with van der Waals surface area (Å²) >= 11 is 4.58. The molecule has 0 spiro atoms. The summed E-state index contributed by atoms with van der Waals surface area (Å²) in [5.41, 5.74) is 0.734. The van der Waals surface area contributed by atoms with Gasteiger partial charge in [-0.1, -0.05) is 27.7 Å². The van der Waals surface area contributed by atoms with E-state index in [4.69, 9.17) is 0 Å². The van der Waals surface area contributed by atoms with Crippen LogP contribution in [0.15, 0.2) is 28.7 Å². The van der Waals surface area contributed by atoms with Crippen LogP contribution in [-0.4, -0.2) is 34.9 Å². The van der Waals surface area contributed by atoms with Gasteiger partial charge in [0.25, 0.3) is 5.24 Å². The first-order chi connectivity index (χ1) is 8.15. The van der Waals surface area contributed by atoms with E-state index in [0.717, 1.165) is 15.9 Å². The second-order valence-electron chi connectivity index (χ2n) is 3.59. The molecule has 0 bridgehead atoms. The zero-order chi connectivity index (χ0) is 12.3. The number of anilines is 1. The Balaban J connectivity index is 1.88. The number of nitrogens with zero attached hydrogens (tertiary/aromatic N) is 1. The lowest BCUT2D eigenvalue weighted by atomic mass is 10.3. The normalized spacial score (nSPS) is 15.1. The van der Waals surface area contributed by atoms with Crippen LogP contribution in [0.25, 0.3) is 0 Å². The van der Waals surface area contributed by atoms with E-state index >= 15 is 0 Å². The zero-order valence-corrected chi connectivity index (χ0v) is 11.4. The second-order valence-corrected chi connectivity index (χ2v) is 5.55. The highest BCUT2D eigenvalue weighted by atomic mass is 79.9. The van der Waals surface area contributed by atoms with Gasteiger partial charge in [-0.2, -0.15) is 0 Å². The van der Waals surface area contributed by atoms with Crippen molar-refractivity contribution in [3.05, 3.63) is 28.7 Å². The molecule has 0 unspecified atom stereocenters. The van der Waals surface area contributed by atoms with Crippen LogP contribution in [0.4, 0.5) is 10.5 Å². The molecule has 1 aromatic rings. The minimum absolute atomic E-state index is 0.0176. The maximum absolute atomic E-state index is 11.7. The number of hydrogen-bond donors (Lipinski definition) is 1. The number of carbonyl (C=O) groups excluding carboxylic acids is 2. The van der Waals surface area contributed by atoms with Crippen molar-refractivity contribution in [2.45, 2.75) is 0 Å². The summed E-state index contributed by atoms with van der Waals surface area (Å²) in [6.07, 6.45) is 0. The number of hydrogen-bond acceptors (Lipinski definition) is 3. The molecule has 0 aromatic heterocycles. The van der Waals surface area contributed by atoms with Crippen molar-refractivity contribution in [1.82, 2.24) is 4.90 Å². The lowest BCUT2D eigenvalue weighted by Crippen LogP contribution is -2.33. The van der Waals surface area contributed by atoms with Crippen molar-refractivity contribution in [2.75, 3.05) is 24.2 Å². The summed E-state index contributed by atoms with van der Waals surface area (Å²) in [5.74, 6) is 0.605. The van der Waals surface area contributed by atoms with Crippen LogP contribution in [0.5, 0.6) is 0 Å². The van der Waals surface area contributed by atoms with Crippen LogP contribution < -0.4 is 5.32 Å². The predicted octanol–water partition coefficient (Wildman–Crippen LogP) is 2.56. The Morgan fingerprint density at radius 2 is 2.12 bits per heavy atom. The third-order valence-electron chi connectivity index (χ3n) is 2.31. The van der Waals surface area contributed by atoms with E-state index in [1.165, 1.54) is 11.8 Å². The van der Waals surface area contributed by atoms with E-state index in [1.807, 2.05) is 24.3 Å². The van der Waals surface area contributed by atoms with Crippen molar-refractivity contribution >= 4 is 44.5 Å². The Morgan fingerprint density at radius 3 is 2.71 bits per heavy atom. The third-order valence-corrected chi connectivity index (χ3v) is 3.73. The lowest BCUT2D eigenvalue weighted by Gasteiger charge is -2.13. The molecule has 1 heterocycles. The predicted molar refractivity (Wildman–Crippen MR) is 72.2 cm³/mol. The molecule has 90 valence electrons. The Labute approximate surface area is 112 Å². The van der Waals surface area contributed by atoms with Gasteiger partial charge in [0.15, 0.2) is 0 Å². The van der Waals surface area contributed by atoms with E-state index in [2.05, 4.69) is 21.2 Å². The largest absolute Gasteiger partial charge is 0.325 e. The van der Waals surface area contributed by atoms with Gasteiger partial charge in [0.1, 0.15) is 6.54 Å². The SMILES string of the molecule is O=C(CN1CCSC1=O)Nc1ccc(Br)cc1. The van der Waals surface area contributed by atoms with Crippen molar-refractivity contribution in [2.24, 2.45) is 0 Å². The van der Waals surface area contributed by atoms with Gasteiger partial charge >= 0.3 is 0 Å². The molecule has 6 heteroatoms. The molecule has 0 saturated carbocycles. The highest BCUT2D eigenvalue weighted by molar-refractivity contribution is 9.10. The van der Waals surface area contributed by atoms with Crippen LogP contribution in [0.1, 0.15) is 0 Å². The van der Waals surface area contributed by atoms with Gasteiger partial charge in [0.05, 0.1) is 0 Å². The van der Waals surface area contributed by atoms with Gasteiger partial charge in [-0.15, -0.1) is 0 Å². The summed E-state index contributed by atoms with van der Waals surface area (Å²) in [4.78, 5) is 24.5. The van der Waals surface area contributed by atoms with Gasteiger partial charge < -0.3 is 10.2 Å². The molecule has 4 nitrogen and oxygen atoms in total. The van der Waals surface area contributed by atoms with E-state index in [1.54, 1.807) is 4.90 Å². The Bertz CT molecular complexity index is 436. The molecular weight excluding hydrogens is 304 g/mol. The Kier molecular flexibility index (Phi) is 4.06. The second kappa shape index (κ2) is 5.55. The minimum atomic E-state index is -0.164. The zero-order valence-electron chi connectivity index (χ0n) is 8.98. The molecule has 1 aliphatic heterocycles. The molecule has 2 amide bonds. The van der Waals surface area contributed by atoms with Crippen molar-refractivity contribution < 1.29 is 9.59 Å². The first-order valence-corrected chi connectivity index (χ1v) is 6.90. The monoisotopic (exact) mass is 314 g/mol. The fourth-order valence-corrected chi connectivity index (χ4v) is 2.57. The average Bonchev–Trinajstić information content (AvgIpc) is 2.68.